The average Bonchev–Trinajstić information content (AvgIpc) is 3.12. The van der Waals surface area contributed by atoms with Crippen LogP contribution in [-0.2, 0) is 4.79 Å². The molecule has 1 N–H and O–H groups in total. The molecule has 0 aliphatic heterocycles. The Hall–Kier alpha value is -3.13. The van der Waals surface area contributed by atoms with Crippen molar-refractivity contribution in [2.75, 3.05) is 20.3 Å². The maximum Gasteiger partial charge on any atom is 0.275 e. The van der Waals surface area contributed by atoms with Crippen molar-refractivity contribution in [3.63, 3.8) is 0 Å². The molecule has 2 aromatic heterocycles. The number of rotatable bonds is 7. The molecule has 1 atom stereocenters. The monoisotopic (exact) mass is 397 g/mol. The first kappa shape index (κ1) is 20.6. The number of alkyl halides is 1. The second kappa shape index (κ2) is 8.91. The Labute approximate surface area is 168 Å². The number of aldehydes is 1. The predicted octanol–water partition coefficient (Wildman–Crippen LogP) is 2.47. The van der Waals surface area contributed by atoms with Crippen molar-refractivity contribution in [3.8, 4) is 5.69 Å². The molecule has 1 unspecified atom stereocenters. The lowest BCUT2D eigenvalue weighted by atomic mass is 9.97. The molecule has 0 fully saturated rings. The summed E-state index contributed by atoms with van der Waals surface area (Å²) >= 11 is 0. The molecular formula is C21H24FN5O2. The third kappa shape index (κ3) is 4.65. The first-order valence-corrected chi connectivity index (χ1v) is 9.37. The Balaban J connectivity index is 2.11. The maximum absolute atomic E-state index is 14.2. The standard InChI is InChI=1S/C21H24FN5O2/c1-14-8-16(11-17(22)9-14)20-12-19(21(29)26(6-7-28)13-23-3)25-27(20)18-4-5-24-15(2)10-18/h4-5,7-8,10-12,17,23H,6,9,13H2,1-3H3. The van der Waals surface area contributed by atoms with E-state index in [-0.39, 0.29) is 24.8 Å². The zero-order chi connectivity index (χ0) is 21.0. The van der Waals surface area contributed by atoms with Crippen molar-refractivity contribution >= 4 is 17.8 Å². The maximum atomic E-state index is 14.2. The highest BCUT2D eigenvalue weighted by Crippen LogP contribution is 2.29. The Morgan fingerprint density at radius 1 is 1.41 bits per heavy atom. The Bertz CT molecular complexity index is 979. The summed E-state index contributed by atoms with van der Waals surface area (Å²) < 4.78 is 15.8. The normalized spacial score (nSPS) is 16.2. The molecule has 1 aliphatic rings. The summed E-state index contributed by atoms with van der Waals surface area (Å²) in [6, 6.07) is 5.26. The summed E-state index contributed by atoms with van der Waals surface area (Å²) in [5, 5.41) is 7.37. The number of amides is 1. The number of pyridine rings is 1. The second-order valence-electron chi connectivity index (χ2n) is 7.02. The first-order valence-electron chi connectivity index (χ1n) is 9.37. The number of aromatic nitrogens is 3. The third-order valence-electron chi connectivity index (χ3n) is 4.56. The van der Waals surface area contributed by atoms with E-state index in [1.807, 2.05) is 26.0 Å². The van der Waals surface area contributed by atoms with Crippen molar-refractivity contribution in [3.05, 3.63) is 59.2 Å². The molecule has 2 aromatic rings. The van der Waals surface area contributed by atoms with Crippen LogP contribution in [0.4, 0.5) is 4.39 Å². The van der Waals surface area contributed by atoms with Crippen LogP contribution in [0.15, 0.2) is 42.1 Å². The summed E-state index contributed by atoms with van der Waals surface area (Å²) in [5.74, 6) is -0.383. The largest absolute Gasteiger partial charge is 0.317 e. The van der Waals surface area contributed by atoms with Crippen LogP contribution in [0.5, 0.6) is 0 Å². The lowest BCUT2D eigenvalue weighted by Crippen LogP contribution is -2.39. The van der Waals surface area contributed by atoms with Gasteiger partial charge in [-0.15, -0.1) is 0 Å². The molecule has 7 nitrogen and oxygen atoms in total. The van der Waals surface area contributed by atoms with Gasteiger partial charge in [0.25, 0.3) is 5.91 Å². The predicted molar refractivity (Wildman–Crippen MR) is 108 cm³/mol. The smallest absolute Gasteiger partial charge is 0.275 e. The summed E-state index contributed by atoms with van der Waals surface area (Å²) in [6.07, 6.45) is 5.04. The van der Waals surface area contributed by atoms with Crippen LogP contribution < -0.4 is 5.32 Å². The quantitative estimate of drug-likeness (QED) is 0.574. The fourth-order valence-electron chi connectivity index (χ4n) is 3.31. The van der Waals surface area contributed by atoms with Crippen molar-refractivity contribution in [1.29, 1.82) is 0 Å². The molecule has 0 aromatic carbocycles. The number of nitrogens with zero attached hydrogens (tertiary/aromatic N) is 4. The molecule has 0 saturated carbocycles. The number of aryl methyl sites for hydroxylation is 1. The van der Waals surface area contributed by atoms with Gasteiger partial charge in [-0.2, -0.15) is 5.10 Å². The fraction of sp³-hybridized carbons (Fsp3) is 0.333. The fourth-order valence-corrected chi connectivity index (χ4v) is 3.31. The van der Waals surface area contributed by atoms with Crippen molar-refractivity contribution in [2.45, 2.75) is 26.4 Å². The van der Waals surface area contributed by atoms with E-state index in [1.54, 1.807) is 36.1 Å². The summed E-state index contributed by atoms with van der Waals surface area (Å²) in [4.78, 5) is 29.5. The van der Waals surface area contributed by atoms with E-state index in [4.69, 9.17) is 0 Å². The molecule has 1 amide bonds. The van der Waals surface area contributed by atoms with Crippen molar-refractivity contribution in [2.24, 2.45) is 0 Å². The zero-order valence-electron chi connectivity index (χ0n) is 16.7. The first-order chi connectivity index (χ1) is 13.9. The van der Waals surface area contributed by atoms with E-state index >= 15 is 0 Å². The van der Waals surface area contributed by atoms with E-state index in [2.05, 4.69) is 15.4 Å². The molecule has 1 aliphatic carbocycles. The van der Waals surface area contributed by atoms with E-state index in [1.165, 1.54) is 4.90 Å². The molecule has 0 saturated heterocycles. The highest BCUT2D eigenvalue weighted by molar-refractivity contribution is 5.94. The van der Waals surface area contributed by atoms with Gasteiger partial charge >= 0.3 is 0 Å². The van der Waals surface area contributed by atoms with Gasteiger partial charge in [0.15, 0.2) is 5.69 Å². The number of carbonyl (C=O) groups excluding carboxylic acids is 2. The topological polar surface area (TPSA) is 80.1 Å². The number of halogens is 1. The van der Waals surface area contributed by atoms with Gasteiger partial charge in [0.1, 0.15) is 12.5 Å². The van der Waals surface area contributed by atoms with E-state index in [0.29, 0.717) is 24.0 Å². The van der Waals surface area contributed by atoms with Gasteiger partial charge in [0.05, 0.1) is 24.6 Å². The van der Waals surface area contributed by atoms with Gasteiger partial charge < -0.3 is 15.0 Å². The Kier molecular flexibility index (Phi) is 6.33. The van der Waals surface area contributed by atoms with Crippen LogP contribution in [-0.4, -0.2) is 58.3 Å². The molecule has 2 heterocycles. The molecular weight excluding hydrogens is 373 g/mol. The minimum Gasteiger partial charge on any atom is -0.317 e. The molecule has 0 radical (unpaired) electrons. The minimum absolute atomic E-state index is 0.0511. The van der Waals surface area contributed by atoms with Gasteiger partial charge in [-0.3, -0.25) is 9.78 Å². The minimum atomic E-state index is -1.09. The third-order valence-corrected chi connectivity index (χ3v) is 4.56. The van der Waals surface area contributed by atoms with Crippen LogP contribution >= 0.6 is 0 Å². The Morgan fingerprint density at radius 3 is 2.86 bits per heavy atom. The summed E-state index contributed by atoms with van der Waals surface area (Å²) in [5.41, 5.74) is 3.88. The van der Waals surface area contributed by atoms with Gasteiger partial charge in [-0.05, 0) is 50.7 Å². The van der Waals surface area contributed by atoms with Gasteiger partial charge in [-0.1, -0.05) is 11.6 Å². The van der Waals surface area contributed by atoms with Crippen LogP contribution in [0, 0.1) is 6.92 Å². The van der Waals surface area contributed by atoms with Gasteiger partial charge in [0, 0.05) is 18.3 Å². The molecule has 152 valence electrons. The molecule has 8 heteroatoms. The molecule has 29 heavy (non-hydrogen) atoms. The number of hydrogen-bond acceptors (Lipinski definition) is 5. The highest BCUT2D eigenvalue weighted by Gasteiger charge is 2.23. The van der Waals surface area contributed by atoms with Crippen LogP contribution in [0.25, 0.3) is 11.3 Å². The van der Waals surface area contributed by atoms with Crippen LogP contribution in [0.3, 0.4) is 0 Å². The van der Waals surface area contributed by atoms with Gasteiger partial charge in [0.2, 0.25) is 0 Å². The van der Waals surface area contributed by atoms with Gasteiger partial charge in [-0.25, -0.2) is 9.07 Å². The van der Waals surface area contributed by atoms with E-state index < -0.39 is 6.17 Å². The number of hydrogen-bond donors (Lipinski definition) is 1. The highest BCUT2D eigenvalue weighted by atomic mass is 19.1. The number of carbonyl (C=O) groups is 2. The second-order valence-corrected chi connectivity index (χ2v) is 7.02. The SMILES string of the molecule is CNCN(CC=O)C(=O)c1cc(C2=CC(F)CC(C)=C2)n(-c2ccnc(C)c2)n1. The lowest BCUT2D eigenvalue weighted by molar-refractivity contribution is -0.108. The molecule has 3 rings (SSSR count). The van der Waals surface area contributed by atoms with Crippen LogP contribution in [0.2, 0.25) is 0 Å². The van der Waals surface area contributed by atoms with Crippen molar-refractivity contribution in [1.82, 2.24) is 25.0 Å². The number of allylic oxidation sites excluding steroid dienone is 4. The summed E-state index contributed by atoms with van der Waals surface area (Å²) in [6.45, 7) is 3.90. The lowest BCUT2D eigenvalue weighted by Gasteiger charge is -2.18. The number of nitrogens with one attached hydrogen (secondary N) is 1. The van der Waals surface area contributed by atoms with E-state index in [9.17, 15) is 14.0 Å². The van der Waals surface area contributed by atoms with Crippen LogP contribution in [0.1, 0.15) is 35.2 Å². The molecule has 0 spiro atoms. The molecule has 0 bridgehead atoms. The summed E-state index contributed by atoms with van der Waals surface area (Å²) in [7, 11) is 1.69. The van der Waals surface area contributed by atoms with Crippen molar-refractivity contribution < 1.29 is 14.0 Å². The zero-order valence-corrected chi connectivity index (χ0v) is 16.7. The average molecular weight is 397 g/mol. The Morgan fingerprint density at radius 2 is 2.21 bits per heavy atom. The van der Waals surface area contributed by atoms with E-state index in [0.717, 1.165) is 17.0 Å².